The van der Waals surface area contributed by atoms with E-state index in [1.54, 1.807) is 6.20 Å². The van der Waals surface area contributed by atoms with Crippen molar-refractivity contribution in [2.45, 2.75) is 45.1 Å². The van der Waals surface area contributed by atoms with Gasteiger partial charge in [0.05, 0.1) is 11.7 Å². The van der Waals surface area contributed by atoms with Crippen molar-refractivity contribution < 1.29 is 5.11 Å². The first kappa shape index (κ1) is 16.6. The summed E-state index contributed by atoms with van der Waals surface area (Å²) in [5.41, 5.74) is 2.35. The predicted molar refractivity (Wildman–Crippen MR) is 93.7 cm³/mol. The number of pyridine rings is 1. The maximum atomic E-state index is 9.62. The first-order chi connectivity index (χ1) is 11.3. The summed E-state index contributed by atoms with van der Waals surface area (Å²) in [6, 6.07) is 6.17. The molecule has 1 aliphatic rings. The van der Waals surface area contributed by atoms with E-state index in [0.29, 0.717) is 0 Å². The Balaban J connectivity index is 1.54. The normalized spacial score (nSPS) is 16.8. The summed E-state index contributed by atoms with van der Waals surface area (Å²) in [5.74, 6) is 0.182. The van der Waals surface area contributed by atoms with Crippen molar-refractivity contribution in [3.63, 3.8) is 0 Å². The second-order valence-electron chi connectivity index (χ2n) is 6.33. The minimum absolute atomic E-state index is 0.171. The molecule has 124 valence electrons. The van der Waals surface area contributed by atoms with Crippen molar-refractivity contribution in [1.29, 1.82) is 0 Å². The highest BCUT2D eigenvalue weighted by atomic mass is 32.1. The van der Waals surface area contributed by atoms with Crippen molar-refractivity contribution in [2.24, 2.45) is 5.92 Å². The van der Waals surface area contributed by atoms with Gasteiger partial charge in [-0.2, -0.15) is 0 Å². The summed E-state index contributed by atoms with van der Waals surface area (Å²) >= 11 is 1.86. The Hall–Kier alpha value is -1.30. The van der Waals surface area contributed by atoms with Crippen LogP contribution < -0.4 is 5.32 Å². The van der Waals surface area contributed by atoms with Crippen LogP contribution in [0.3, 0.4) is 0 Å². The number of aromatic nitrogens is 2. The third kappa shape index (κ3) is 4.37. The van der Waals surface area contributed by atoms with Crippen LogP contribution >= 0.6 is 11.3 Å². The molecule has 2 atom stereocenters. The monoisotopic (exact) mass is 331 g/mol. The number of aliphatic hydroxyl groups is 1. The zero-order valence-electron chi connectivity index (χ0n) is 13.7. The Bertz CT molecular complexity index is 590. The highest BCUT2D eigenvalue weighted by Gasteiger charge is 2.19. The zero-order valence-corrected chi connectivity index (χ0v) is 14.5. The number of aliphatic hydroxyl groups excluding tert-OH is 1. The number of thiazole rings is 1. The molecule has 0 bridgehead atoms. The van der Waals surface area contributed by atoms with E-state index in [2.05, 4.69) is 17.2 Å². The van der Waals surface area contributed by atoms with Gasteiger partial charge in [0.25, 0.3) is 0 Å². The van der Waals surface area contributed by atoms with Gasteiger partial charge >= 0.3 is 0 Å². The fourth-order valence-corrected chi connectivity index (χ4v) is 4.18. The van der Waals surface area contributed by atoms with Gasteiger partial charge < -0.3 is 10.4 Å². The summed E-state index contributed by atoms with van der Waals surface area (Å²) in [6.07, 6.45) is 7.50. The van der Waals surface area contributed by atoms with Gasteiger partial charge in [0.2, 0.25) is 0 Å². The average molecular weight is 331 g/mol. The van der Waals surface area contributed by atoms with E-state index in [4.69, 9.17) is 4.98 Å². The van der Waals surface area contributed by atoms with Crippen LogP contribution in [0.2, 0.25) is 0 Å². The van der Waals surface area contributed by atoms with Crippen molar-refractivity contribution in [2.75, 3.05) is 13.2 Å². The minimum Gasteiger partial charge on any atom is -0.396 e. The lowest BCUT2D eigenvalue weighted by Crippen LogP contribution is -2.29. The Morgan fingerprint density at radius 1 is 1.30 bits per heavy atom. The van der Waals surface area contributed by atoms with Crippen molar-refractivity contribution in [1.82, 2.24) is 15.3 Å². The number of nitrogens with zero attached hydrogens (tertiary/aromatic N) is 2. The molecule has 0 amide bonds. The molecule has 0 saturated carbocycles. The standard InChI is InChI=1S/C18H25N3OS/c1-13(18-21-16-7-2-3-8-17(16)23-18)20-11-14(12-22)10-15-6-4-5-9-19-15/h4-6,9,13-14,20,22H,2-3,7-8,10-12H2,1H3. The highest BCUT2D eigenvalue weighted by Crippen LogP contribution is 2.29. The van der Waals surface area contributed by atoms with Crippen LogP contribution in [0.25, 0.3) is 0 Å². The zero-order chi connectivity index (χ0) is 16.1. The first-order valence-electron chi connectivity index (χ1n) is 8.49. The summed E-state index contributed by atoms with van der Waals surface area (Å²) in [4.78, 5) is 10.6. The molecule has 2 heterocycles. The molecule has 0 aliphatic heterocycles. The Kier molecular flexibility index (Phi) is 5.75. The summed E-state index contributed by atoms with van der Waals surface area (Å²) < 4.78 is 0. The van der Waals surface area contributed by atoms with E-state index < -0.39 is 0 Å². The van der Waals surface area contributed by atoms with E-state index in [1.165, 1.54) is 34.8 Å². The third-order valence-electron chi connectivity index (χ3n) is 4.43. The maximum absolute atomic E-state index is 9.62. The number of fused-ring (bicyclic) bond motifs is 1. The van der Waals surface area contributed by atoms with E-state index in [0.717, 1.165) is 25.1 Å². The van der Waals surface area contributed by atoms with Crippen LogP contribution in [-0.4, -0.2) is 28.2 Å². The highest BCUT2D eigenvalue weighted by molar-refractivity contribution is 7.11. The number of hydrogen-bond acceptors (Lipinski definition) is 5. The van der Waals surface area contributed by atoms with Crippen LogP contribution in [0.4, 0.5) is 0 Å². The predicted octanol–water partition coefficient (Wildman–Crippen LogP) is 2.92. The Labute approximate surface area is 142 Å². The fraction of sp³-hybridized carbons (Fsp3) is 0.556. The van der Waals surface area contributed by atoms with Gasteiger partial charge in [0.1, 0.15) is 5.01 Å². The molecular weight excluding hydrogens is 306 g/mol. The van der Waals surface area contributed by atoms with Crippen LogP contribution in [0.5, 0.6) is 0 Å². The molecule has 2 unspecified atom stereocenters. The molecule has 1 aliphatic carbocycles. The van der Waals surface area contributed by atoms with Gasteiger partial charge in [-0.3, -0.25) is 4.98 Å². The minimum atomic E-state index is 0.171. The molecule has 5 heteroatoms. The lowest BCUT2D eigenvalue weighted by Gasteiger charge is -2.17. The van der Waals surface area contributed by atoms with Gasteiger partial charge in [-0.05, 0) is 57.1 Å². The fourth-order valence-electron chi connectivity index (χ4n) is 3.00. The number of hydrogen-bond donors (Lipinski definition) is 2. The third-order valence-corrected chi connectivity index (χ3v) is 5.77. The van der Waals surface area contributed by atoms with E-state index in [-0.39, 0.29) is 18.6 Å². The van der Waals surface area contributed by atoms with E-state index in [1.807, 2.05) is 29.5 Å². The Morgan fingerprint density at radius 2 is 2.17 bits per heavy atom. The van der Waals surface area contributed by atoms with Gasteiger partial charge in [0, 0.05) is 29.9 Å². The van der Waals surface area contributed by atoms with E-state index >= 15 is 0 Å². The molecule has 2 aromatic heterocycles. The number of rotatable bonds is 7. The molecule has 2 N–H and O–H groups in total. The summed E-state index contributed by atoms with van der Waals surface area (Å²) in [6.45, 7) is 3.11. The molecule has 2 aromatic rings. The van der Waals surface area contributed by atoms with Gasteiger partial charge in [-0.1, -0.05) is 6.07 Å². The summed E-state index contributed by atoms with van der Waals surface area (Å²) in [5, 5.41) is 14.3. The van der Waals surface area contributed by atoms with Crippen LogP contribution in [-0.2, 0) is 19.3 Å². The van der Waals surface area contributed by atoms with Crippen molar-refractivity contribution in [3.05, 3.63) is 45.7 Å². The van der Waals surface area contributed by atoms with Gasteiger partial charge in [0.15, 0.2) is 0 Å². The molecule has 0 aromatic carbocycles. The molecule has 0 spiro atoms. The number of aryl methyl sites for hydroxylation is 2. The smallest absolute Gasteiger partial charge is 0.110 e. The van der Waals surface area contributed by atoms with Crippen LogP contribution in [0.1, 0.15) is 47.1 Å². The molecule has 0 saturated heterocycles. The topological polar surface area (TPSA) is 58.0 Å². The van der Waals surface area contributed by atoms with E-state index in [9.17, 15) is 5.11 Å². The average Bonchev–Trinajstić information content (AvgIpc) is 3.03. The van der Waals surface area contributed by atoms with Crippen LogP contribution in [0, 0.1) is 5.92 Å². The lowest BCUT2D eigenvalue weighted by atomic mass is 10.0. The quantitative estimate of drug-likeness (QED) is 0.819. The lowest BCUT2D eigenvalue weighted by molar-refractivity contribution is 0.218. The van der Waals surface area contributed by atoms with Crippen LogP contribution in [0.15, 0.2) is 24.4 Å². The van der Waals surface area contributed by atoms with Crippen molar-refractivity contribution in [3.8, 4) is 0 Å². The van der Waals surface area contributed by atoms with Gasteiger partial charge in [-0.25, -0.2) is 4.98 Å². The number of nitrogens with one attached hydrogen (secondary N) is 1. The molecule has 23 heavy (non-hydrogen) atoms. The molecular formula is C18H25N3OS. The molecule has 0 radical (unpaired) electrons. The van der Waals surface area contributed by atoms with Crippen molar-refractivity contribution >= 4 is 11.3 Å². The largest absolute Gasteiger partial charge is 0.396 e. The second-order valence-corrected chi connectivity index (χ2v) is 7.45. The second kappa shape index (κ2) is 7.99. The SMILES string of the molecule is CC(NCC(CO)Cc1ccccn1)c1nc2c(s1)CCCC2. The molecule has 0 fully saturated rings. The first-order valence-corrected chi connectivity index (χ1v) is 9.30. The molecule has 3 rings (SSSR count). The molecule has 4 nitrogen and oxygen atoms in total. The van der Waals surface area contributed by atoms with Gasteiger partial charge in [-0.15, -0.1) is 11.3 Å². The summed E-state index contributed by atoms with van der Waals surface area (Å²) in [7, 11) is 0. The maximum Gasteiger partial charge on any atom is 0.110 e. The Morgan fingerprint density at radius 3 is 2.91 bits per heavy atom.